The molecule has 1 N–H and O–H groups in total. The number of carbonyl (C=O) groups excluding carboxylic acids is 1. The van der Waals surface area contributed by atoms with Gasteiger partial charge in [0.15, 0.2) is 5.65 Å². The summed E-state index contributed by atoms with van der Waals surface area (Å²) < 4.78 is 1.76. The molecule has 2 aliphatic rings. The van der Waals surface area contributed by atoms with Crippen LogP contribution in [0.4, 0.5) is 10.5 Å². The van der Waals surface area contributed by atoms with Crippen LogP contribution in [0.25, 0.3) is 11.0 Å². The topological polar surface area (TPSA) is 66.3 Å². The number of urea groups is 1. The molecule has 7 nitrogen and oxygen atoms in total. The van der Waals surface area contributed by atoms with Crippen LogP contribution >= 0.6 is 0 Å². The van der Waals surface area contributed by atoms with Gasteiger partial charge in [-0.15, -0.1) is 0 Å². The molecular weight excluding hydrogens is 304 g/mol. The number of piperidine rings is 1. The van der Waals surface area contributed by atoms with Crippen molar-refractivity contribution in [3.63, 3.8) is 0 Å². The Bertz CT molecular complexity index is 785. The Morgan fingerprint density at radius 2 is 2.08 bits per heavy atom. The second-order valence-electron chi connectivity index (χ2n) is 7.09. The van der Waals surface area contributed by atoms with Crippen molar-refractivity contribution in [2.24, 2.45) is 13.0 Å². The van der Waals surface area contributed by atoms with Crippen LogP contribution in [0.3, 0.4) is 0 Å². The number of likely N-dealkylation sites (N-methyl/N-ethyl adjacent to an activating group) is 1. The molecule has 0 aliphatic carbocycles. The minimum atomic E-state index is -0.0134. The minimum absolute atomic E-state index is 0.0134. The first-order valence-electron chi connectivity index (χ1n) is 8.58. The number of carbonyl (C=O) groups is 1. The Kier molecular flexibility index (Phi) is 3.68. The lowest BCUT2D eigenvalue weighted by Gasteiger charge is -2.36. The van der Waals surface area contributed by atoms with Gasteiger partial charge in [0.1, 0.15) is 0 Å². The molecule has 0 bridgehead atoms. The highest BCUT2D eigenvalue weighted by atomic mass is 16.2. The molecule has 2 saturated heterocycles. The van der Waals surface area contributed by atoms with Crippen LogP contribution in [0.5, 0.6) is 0 Å². The lowest BCUT2D eigenvalue weighted by molar-refractivity contribution is 0.137. The van der Waals surface area contributed by atoms with Crippen LogP contribution in [0.15, 0.2) is 12.3 Å². The molecule has 0 radical (unpaired) electrons. The zero-order valence-corrected chi connectivity index (χ0v) is 14.5. The number of hydrogen-bond donors (Lipinski definition) is 1. The van der Waals surface area contributed by atoms with Gasteiger partial charge in [-0.3, -0.25) is 4.68 Å². The average molecular weight is 328 g/mol. The largest absolute Gasteiger partial charge is 0.322 e. The maximum absolute atomic E-state index is 12.8. The van der Waals surface area contributed by atoms with E-state index in [1.807, 2.05) is 24.9 Å². The summed E-state index contributed by atoms with van der Waals surface area (Å²) in [6.45, 7) is 4.91. The molecule has 2 atom stereocenters. The third-order valence-corrected chi connectivity index (χ3v) is 5.44. The van der Waals surface area contributed by atoms with E-state index in [1.165, 1.54) is 6.42 Å². The second kappa shape index (κ2) is 5.73. The van der Waals surface area contributed by atoms with E-state index >= 15 is 0 Å². The molecule has 24 heavy (non-hydrogen) atoms. The third-order valence-electron chi connectivity index (χ3n) is 5.44. The van der Waals surface area contributed by atoms with Crippen LogP contribution in [0, 0.1) is 12.8 Å². The number of likely N-dealkylation sites (tertiary alicyclic amines) is 2. The molecular formula is C17H24N6O. The van der Waals surface area contributed by atoms with Crippen LogP contribution in [-0.2, 0) is 7.05 Å². The number of anilines is 1. The fourth-order valence-corrected chi connectivity index (χ4v) is 4.12. The molecule has 2 fully saturated rings. The second-order valence-corrected chi connectivity index (χ2v) is 7.09. The maximum Gasteiger partial charge on any atom is 0.322 e. The van der Waals surface area contributed by atoms with Crippen LogP contribution < -0.4 is 5.32 Å². The van der Waals surface area contributed by atoms with Crippen molar-refractivity contribution in [3.05, 3.63) is 18.0 Å². The predicted octanol–water partition coefficient (Wildman–Crippen LogP) is 1.83. The summed E-state index contributed by atoms with van der Waals surface area (Å²) in [7, 11) is 4.01. The summed E-state index contributed by atoms with van der Waals surface area (Å²) in [4.78, 5) is 21.5. The minimum Gasteiger partial charge on any atom is -0.320 e. The molecule has 128 valence electrons. The van der Waals surface area contributed by atoms with Gasteiger partial charge >= 0.3 is 6.03 Å². The highest BCUT2D eigenvalue weighted by molar-refractivity contribution is 5.92. The van der Waals surface area contributed by atoms with Crippen molar-refractivity contribution < 1.29 is 4.79 Å². The molecule has 4 rings (SSSR count). The predicted molar refractivity (Wildman–Crippen MR) is 93.0 cm³/mol. The molecule has 0 aromatic carbocycles. The summed E-state index contributed by atoms with van der Waals surface area (Å²) in [5.74, 6) is 0.646. The number of aromatic nitrogens is 3. The van der Waals surface area contributed by atoms with Gasteiger partial charge in [-0.2, -0.15) is 5.10 Å². The van der Waals surface area contributed by atoms with Crippen molar-refractivity contribution in [2.45, 2.75) is 25.8 Å². The van der Waals surface area contributed by atoms with E-state index in [4.69, 9.17) is 0 Å². The molecule has 2 amide bonds. The van der Waals surface area contributed by atoms with Gasteiger partial charge in [-0.25, -0.2) is 9.78 Å². The first-order chi connectivity index (χ1) is 11.5. The third kappa shape index (κ3) is 2.53. The van der Waals surface area contributed by atoms with Crippen molar-refractivity contribution in [1.29, 1.82) is 0 Å². The SMILES string of the molecule is Cc1nn(C)c2ncc(NC(=O)N3CC[C@H]4CCN(C)C[C@H]43)cc12. The molecule has 0 spiro atoms. The number of pyridine rings is 1. The molecule has 2 aromatic heterocycles. The highest BCUT2D eigenvalue weighted by Crippen LogP contribution is 2.31. The van der Waals surface area contributed by atoms with E-state index in [9.17, 15) is 4.79 Å². The molecule has 0 unspecified atom stereocenters. The van der Waals surface area contributed by atoms with E-state index in [0.717, 1.165) is 48.5 Å². The summed E-state index contributed by atoms with van der Waals surface area (Å²) in [5, 5.41) is 8.38. The summed E-state index contributed by atoms with van der Waals surface area (Å²) in [5.41, 5.74) is 2.49. The fraction of sp³-hybridized carbons (Fsp3) is 0.588. The lowest BCUT2D eigenvalue weighted by Crippen LogP contribution is -2.49. The molecule has 2 aromatic rings. The van der Waals surface area contributed by atoms with E-state index < -0.39 is 0 Å². The fourth-order valence-electron chi connectivity index (χ4n) is 4.12. The van der Waals surface area contributed by atoms with Crippen LogP contribution in [-0.4, -0.2) is 63.3 Å². The zero-order chi connectivity index (χ0) is 16.8. The summed E-state index contributed by atoms with van der Waals surface area (Å²) in [6, 6.07) is 2.28. The monoisotopic (exact) mass is 328 g/mol. The van der Waals surface area contributed by atoms with E-state index in [2.05, 4.69) is 27.3 Å². The van der Waals surface area contributed by atoms with E-state index in [-0.39, 0.29) is 6.03 Å². The van der Waals surface area contributed by atoms with Gasteiger partial charge in [-0.1, -0.05) is 0 Å². The molecule has 0 saturated carbocycles. The number of aryl methyl sites for hydroxylation is 2. The van der Waals surface area contributed by atoms with Crippen molar-refractivity contribution in [3.8, 4) is 0 Å². The number of fused-ring (bicyclic) bond motifs is 2. The van der Waals surface area contributed by atoms with Gasteiger partial charge in [0.2, 0.25) is 0 Å². The number of hydrogen-bond acceptors (Lipinski definition) is 4. The van der Waals surface area contributed by atoms with Gasteiger partial charge in [0.05, 0.1) is 17.6 Å². The Morgan fingerprint density at radius 1 is 1.29 bits per heavy atom. The molecule has 2 aliphatic heterocycles. The number of rotatable bonds is 1. The average Bonchev–Trinajstić information content (AvgIpc) is 3.08. The normalized spacial score (nSPS) is 24.4. The Labute approximate surface area is 141 Å². The number of amides is 2. The van der Waals surface area contributed by atoms with Gasteiger partial charge in [-0.05, 0) is 45.3 Å². The van der Waals surface area contributed by atoms with Crippen LogP contribution in [0.1, 0.15) is 18.5 Å². The van der Waals surface area contributed by atoms with Gasteiger partial charge < -0.3 is 15.1 Å². The number of nitrogens with zero attached hydrogens (tertiary/aromatic N) is 5. The van der Waals surface area contributed by atoms with Crippen molar-refractivity contribution >= 4 is 22.8 Å². The van der Waals surface area contributed by atoms with E-state index in [1.54, 1.807) is 10.9 Å². The summed E-state index contributed by atoms with van der Waals surface area (Å²) in [6.07, 6.45) is 4.01. The van der Waals surface area contributed by atoms with E-state index in [0.29, 0.717) is 12.0 Å². The van der Waals surface area contributed by atoms with Crippen LogP contribution in [0.2, 0.25) is 0 Å². The van der Waals surface area contributed by atoms with Crippen molar-refractivity contribution in [1.82, 2.24) is 24.6 Å². The number of nitrogens with one attached hydrogen (secondary N) is 1. The zero-order valence-electron chi connectivity index (χ0n) is 14.5. The standard InChI is InChI=1S/C17H24N6O/c1-11-14-8-13(9-18-16(14)22(3)20-11)19-17(24)23-7-5-12-4-6-21(2)10-15(12)23/h8-9,12,15H,4-7,10H2,1-3H3,(H,19,24)/t12-,15-/m1/s1. The Morgan fingerprint density at radius 3 is 2.92 bits per heavy atom. The first kappa shape index (κ1) is 15.4. The Hall–Kier alpha value is -2.15. The Balaban J connectivity index is 1.52. The maximum atomic E-state index is 12.8. The summed E-state index contributed by atoms with van der Waals surface area (Å²) >= 11 is 0. The van der Waals surface area contributed by atoms with Crippen molar-refractivity contribution in [2.75, 3.05) is 32.0 Å². The lowest BCUT2D eigenvalue weighted by atomic mass is 9.92. The van der Waals surface area contributed by atoms with Gasteiger partial charge in [0, 0.05) is 31.6 Å². The molecule has 4 heterocycles. The highest BCUT2D eigenvalue weighted by Gasteiger charge is 2.39. The quantitative estimate of drug-likeness (QED) is 0.867. The molecule has 7 heteroatoms. The van der Waals surface area contributed by atoms with Gasteiger partial charge in [0.25, 0.3) is 0 Å². The smallest absolute Gasteiger partial charge is 0.320 e. The first-order valence-corrected chi connectivity index (χ1v) is 8.58.